The molecule has 0 radical (unpaired) electrons. The van der Waals surface area contributed by atoms with Gasteiger partial charge in [-0.2, -0.15) is 0 Å². The van der Waals surface area contributed by atoms with Gasteiger partial charge in [0.25, 0.3) is 0 Å². The summed E-state index contributed by atoms with van der Waals surface area (Å²) in [5.74, 6) is -0.275. The number of carboxylic acid groups (broad SMARTS) is 1. The summed E-state index contributed by atoms with van der Waals surface area (Å²) in [7, 11) is 0. The lowest BCUT2D eigenvalue weighted by molar-refractivity contribution is -0.137. The van der Waals surface area contributed by atoms with Crippen LogP contribution in [0.3, 0.4) is 0 Å². The molecule has 108 valence electrons. The van der Waals surface area contributed by atoms with Crippen LogP contribution < -0.4 is 0 Å². The van der Waals surface area contributed by atoms with Crippen LogP contribution in [0.2, 0.25) is 0 Å². The summed E-state index contributed by atoms with van der Waals surface area (Å²) < 4.78 is 1.72. The van der Waals surface area contributed by atoms with Crippen LogP contribution in [0, 0.1) is 20.8 Å². The van der Waals surface area contributed by atoms with Crippen molar-refractivity contribution in [3.05, 3.63) is 33.6 Å². The largest absolute Gasteiger partial charge is 0.480 e. The van der Waals surface area contributed by atoms with Gasteiger partial charge in [0.05, 0.1) is 16.0 Å². The molecule has 1 N–H and O–H groups in total. The average Bonchev–Trinajstić information content (AvgIpc) is 2.95. The van der Waals surface area contributed by atoms with Crippen LogP contribution in [-0.2, 0) is 11.3 Å². The van der Waals surface area contributed by atoms with Gasteiger partial charge in [-0.15, -0.1) is 11.3 Å². The smallest absolute Gasteiger partial charge is 0.323 e. The molecule has 0 unspecified atom stereocenters. The molecule has 0 aliphatic rings. The Labute approximate surface area is 125 Å². The number of aromatic nitrogens is 3. The normalized spacial score (nSPS) is 11.2. The van der Waals surface area contributed by atoms with E-state index in [0.29, 0.717) is 5.82 Å². The van der Waals surface area contributed by atoms with Crippen LogP contribution in [0.5, 0.6) is 0 Å². The fraction of sp³-hybridized carbons (Fsp3) is 0.267. The molecule has 0 fully saturated rings. The van der Waals surface area contributed by atoms with Gasteiger partial charge in [0.1, 0.15) is 12.2 Å². The molecule has 0 aliphatic carbocycles. The van der Waals surface area contributed by atoms with Gasteiger partial charge < -0.3 is 9.67 Å². The van der Waals surface area contributed by atoms with Gasteiger partial charge in [-0.1, -0.05) is 0 Å². The second kappa shape index (κ2) is 4.96. The molecule has 3 aromatic rings. The molecule has 0 spiro atoms. The van der Waals surface area contributed by atoms with E-state index in [2.05, 4.69) is 9.97 Å². The third-order valence-electron chi connectivity index (χ3n) is 3.51. The molecule has 5 nitrogen and oxygen atoms in total. The first kappa shape index (κ1) is 13.8. The second-order valence-electron chi connectivity index (χ2n) is 5.09. The first-order valence-electron chi connectivity index (χ1n) is 6.57. The molecular formula is C15H15N3O2S. The Kier molecular flexibility index (Phi) is 3.25. The molecule has 2 aromatic heterocycles. The predicted octanol–water partition coefficient (Wildman–Crippen LogP) is 3.17. The summed E-state index contributed by atoms with van der Waals surface area (Å²) in [5, 5.41) is 12.0. The van der Waals surface area contributed by atoms with Crippen LogP contribution in [0.25, 0.3) is 22.6 Å². The van der Waals surface area contributed by atoms with Crippen molar-refractivity contribution in [2.45, 2.75) is 27.3 Å². The van der Waals surface area contributed by atoms with Crippen molar-refractivity contribution in [1.29, 1.82) is 0 Å². The number of nitrogens with zero attached hydrogens (tertiary/aromatic N) is 3. The van der Waals surface area contributed by atoms with Gasteiger partial charge in [0.2, 0.25) is 0 Å². The molecule has 1 aromatic carbocycles. The number of hydrogen-bond acceptors (Lipinski definition) is 4. The minimum Gasteiger partial charge on any atom is -0.480 e. The first-order chi connectivity index (χ1) is 9.95. The van der Waals surface area contributed by atoms with Crippen molar-refractivity contribution >= 4 is 28.3 Å². The number of fused-ring (bicyclic) bond motifs is 1. The Morgan fingerprint density at radius 1 is 1.24 bits per heavy atom. The lowest BCUT2D eigenvalue weighted by atomic mass is 10.1. The summed E-state index contributed by atoms with van der Waals surface area (Å²) in [6, 6.07) is 3.98. The van der Waals surface area contributed by atoms with E-state index in [1.807, 2.05) is 38.3 Å². The summed E-state index contributed by atoms with van der Waals surface area (Å²) in [6.45, 7) is 5.84. The first-order valence-corrected chi connectivity index (χ1v) is 7.45. The van der Waals surface area contributed by atoms with Crippen molar-refractivity contribution in [3.8, 4) is 11.5 Å². The lowest BCUT2D eigenvalue weighted by Gasteiger charge is -2.05. The molecule has 0 aliphatic heterocycles. The summed E-state index contributed by atoms with van der Waals surface area (Å²) in [5.41, 5.74) is 4.63. The van der Waals surface area contributed by atoms with E-state index in [9.17, 15) is 9.90 Å². The van der Waals surface area contributed by atoms with Crippen molar-refractivity contribution < 1.29 is 9.90 Å². The van der Waals surface area contributed by atoms with E-state index >= 15 is 0 Å². The van der Waals surface area contributed by atoms with Crippen LogP contribution in [0.15, 0.2) is 17.5 Å². The molecule has 0 saturated heterocycles. The highest BCUT2D eigenvalue weighted by atomic mass is 32.1. The Hall–Kier alpha value is -2.21. The quantitative estimate of drug-likeness (QED) is 0.807. The molecule has 2 heterocycles. The Morgan fingerprint density at radius 3 is 2.57 bits per heavy atom. The summed E-state index contributed by atoms with van der Waals surface area (Å²) >= 11 is 1.53. The zero-order valence-corrected chi connectivity index (χ0v) is 12.9. The van der Waals surface area contributed by atoms with E-state index < -0.39 is 5.97 Å². The van der Waals surface area contributed by atoms with E-state index in [1.54, 1.807) is 4.57 Å². The van der Waals surface area contributed by atoms with Crippen LogP contribution in [0.1, 0.15) is 16.1 Å². The fourth-order valence-electron chi connectivity index (χ4n) is 2.34. The molecule has 0 amide bonds. The highest BCUT2D eigenvalue weighted by Gasteiger charge is 2.17. The van der Waals surface area contributed by atoms with E-state index in [-0.39, 0.29) is 6.54 Å². The van der Waals surface area contributed by atoms with Crippen molar-refractivity contribution in [1.82, 2.24) is 14.5 Å². The van der Waals surface area contributed by atoms with Gasteiger partial charge in [-0.25, -0.2) is 9.97 Å². The van der Waals surface area contributed by atoms with Crippen LogP contribution in [0.4, 0.5) is 0 Å². The maximum Gasteiger partial charge on any atom is 0.323 e. The van der Waals surface area contributed by atoms with E-state index in [4.69, 9.17) is 0 Å². The maximum absolute atomic E-state index is 11.2. The molecular weight excluding hydrogens is 286 g/mol. The van der Waals surface area contributed by atoms with Gasteiger partial charge in [-0.05, 0) is 44.0 Å². The van der Waals surface area contributed by atoms with Gasteiger partial charge >= 0.3 is 5.97 Å². The monoisotopic (exact) mass is 301 g/mol. The number of aryl methyl sites for hydroxylation is 3. The molecule has 0 atom stereocenters. The van der Waals surface area contributed by atoms with Crippen LogP contribution in [-0.4, -0.2) is 25.6 Å². The van der Waals surface area contributed by atoms with Gasteiger partial charge in [-0.3, -0.25) is 4.79 Å². The average molecular weight is 301 g/mol. The zero-order valence-electron chi connectivity index (χ0n) is 12.0. The third kappa shape index (κ3) is 2.42. The molecule has 0 bridgehead atoms. The molecule has 0 saturated carbocycles. The Balaban J connectivity index is 2.29. The fourth-order valence-corrected chi connectivity index (χ4v) is 2.93. The number of thiazole rings is 1. The maximum atomic E-state index is 11.2. The second-order valence-corrected chi connectivity index (χ2v) is 6.15. The lowest BCUT2D eigenvalue weighted by Crippen LogP contribution is -2.10. The predicted molar refractivity (Wildman–Crippen MR) is 82.7 cm³/mol. The summed E-state index contributed by atoms with van der Waals surface area (Å²) in [4.78, 5) is 20.2. The van der Waals surface area contributed by atoms with Crippen molar-refractivity contribution in [2.24, 2.45) is 0 Å². The van der Waals surface area contributed by atoms with Crippen molar-refractivity contribution in [2.75, 3.05) is 0 Å². The van der Waals surface area contributed by atoms with Crippen LogP contribution >= 0.6 is 11.3 Å². The SMILES string of the molecule is Cc1nc(-c2nc3cc(C)c(C)cc3n2CC(=O)O)cs1. The minimum absolute atomic E-state index is 0.120. The highest BCUT2D eigenvalue weighted by Crippen LogP contribution is 2.27. The number of imidazole rings is 1. The zero-order chi connectivity index (χ0) is 15.1. The highest BCUT2D eigenvalue weighted by molar-refractivity contribution is 7.09. The molecule has 6 heteroatoms. The van der Waals surface area contributed by atoms with Gasteiger partial charge in [0.15, 0.2) is 5.82 Å². The Morgan fingerprint density at radius 2 is 1.95 bits per heavy atom. The number of rotatable bonds is 3. The molecule has 21 heavy (non-hydrogen) atoms. The minimum atomic E-state index is -0.888. The number of aliphatic carboxylic acids is 1. The summed E-state index contributed by atoms with van der Waals surface area (Å²) in [6.07, 6.45) is 0. The van der Waals surface area contributed by atoms with E-state index in [1.165, 1.54) is 11.3 Å². The van der Waals surface area contributed by atoms with Gasteiger partial charge in [0, 0.05) is 5.38 Å². The number of benzene rings is 1. The Bertz CT molecular complexity index is 848. The number of carboxylic acids is 1. The number of hydrogen-bond donors (Lipinski definition) is 1. The number of carbonyl (C=O) groups is 1. The topological polar surface area (TPSA) is 68.0 Å². The third-order valence-corrected chi connectivity index (χ3v) is 4.28. The molecule has 3 rings (SSSR count). The van der Waals surface area contributed by atoms with Crippen molar-refractivity contribution in [3.63, 3.8) is 0 Å². The standard InChI is InChI=1S/C15H15N3O2S/c1-8-4-11-13(5-9(8)2)18(6-14(19)20)15(17-11)12-7-21-10(3)16-12/h4-5,7H,6H2,1-3H3,(H,19,20). The van der Waals surface area contributed by atoms with E-state index in [0.717, 1.165) is 32.9 Å².